The first kappa shape index (κ1) is 26.4. The molecule has 4 rings (SSSR count). The van der Waals surface area contributed by atoms with Crippen molar-refractivity contribution in [2.24, 2.45) is 5.73 Å². The van der Waals surface area contributed by atoms with Crippen LogP contribution in [0.5, 0.6) is 0 Å². The number of alkyl halides is 6. The molecule has 0 aromatic heterocycles. The summed E-state index contributed by atoms with van der Waals surface area (Å²) in [6.07, 6.45) is -8.63. The largest absolute Gasteiger partial charge is 0.416 e. The van der Waals surface area contributed by atoms with Crippen molar-refractivity contribution in [1.82, 2.24) is 20.9 Å². The first-order valence-corrected chi connectivity index (χ1v) is 11.4. The lowest BCUT2D eigenvalue weighted by Gasteiger charge is -2.42. The van der Waals surface area contributed by atoms with Crippen molar-refractivity contribution in [2.75, 3.05) is 13.2 Å². The first-order valence-electron chi connectivity index (χ1n) is 11.4. The highest BCUT2D eigenvalue weighted by molar-refractivity contribution is 5.76. The molecule has 2 fully saturated rings. The SMILES string of the molecule is NC(=O)Cc1ccc(CNC2NCNC(N3CC(F)(F)CC3c3ccc(C(F)(F)F)cc3)C2F)cc1. The van der Waals surface area contributed by atoms with Gasteiger partial charge in [-0.1, -0.05) is 36.4 Å². The summed E-state index contributed by atoms with van der Waals surface area (Å²) >= 11 is 0. The third-order valence-corrected chi connectivity index (χ3v) is 6.47. The highest BCUT2D eigenvalue weighted by Crippen LogP contribution is 2.43. The number of hydrogen-bond acceptors (Lipinski definition) is 5. The summed E-state index contributed by atoms with van der Waals surface area (Å²) in [4.78, 5) is 12.3. The summed E-state index contributed by atoms with van der Waals surface area (Å²) < 4.78 is 83.2. The van der Waals surface area contributed by atoms with E-state index in [-0.39, 0.29) is 25.2 Å². The second-order valence-corrected chi connectivity index (χ2v) is 9.16. The minimum Gasteiger partial charge on any atom is -0.369 e. The van der Waals surface area contributed by atoms with Gasteiger partial charge in [-0.25, -0.2) is 13.2 Å². The van der Waals surface area contributed by atoms with Crippen molar-refractivity contribution < 1.29 is 31.1 Å². The summed E-state index contributed by atoms with van der Waals surface area (Å²) in [7, 11) is 0. The summed E-state index contributed by atoms with van der Waals surface area (Å²) in [5.74, 6) is -3.57. The Morgan fingerprint density at radius 1 is 1.06 bits per heavy atom. The maximum Gasteiger partial charge on any atom is 0.416 e. The van der Waals surface area contributed by atoms with Crippen LogP contribution < -0.4 is 21.7 Å². The van der Waals surface area contributed by atoms with E-state index in [1.807, 2.05) is 0 Å². The molecule has 0 saturated carbocycles. The van der Waals surface area contributed by atoms with Gasteiger partial charge in [0.2, 0.25) is 5.91 Å². The number of amides is 1. The third kappa shape index (κ3) is 6.17. The minimum absolute atomic E-state index is 0.109. The molecule has 2 aliphatic heterocycles. The fourth-order valence-electron chi connectivity index (χ4n) is 4.71. The van der Waals surface area contributed by atoms with Gasteiger partial charge in [0.25, 0.3) is 5.92 Å². The molecule has 0 bridgehead atoms. The molecule has 4 atom stereocenters. The van der Waals surface area contributed by atoms with Crippen LogP contribution in [0, 0.1) is 0 Å². The fraction of sp³-hybridized carbons (Fsp3) is 0.458. The highest BCUT2D eigenvalue weighted by atomic mass is 19.4. The van der Waals surface area contributed by atoms with Crippen molar-refractivity contribution in [3.8, 4) is 0 Å². The lowest BCUT2D eigenvalue weighted by Crippen LogP contribution is -2.68. The molecule has 4 unspecified atom stereocenters. The normalized spacial score (nSPS) is 26.7. The maximum atomic E-state index is 15.6. The van der Waals surface area contributed by atoms with Gasteiger partial charge in [-0.05, 0) is 28.8 Å². The van der Waals surface area contributed by atoms with Gasteiger partial charge in [-0.15, -0.1) is 0 Å². The van der Waals surface area contributed by atoms with E-state index in [4.69, 9.17) is 5.73 Å². The number of carbonyl (C=O) groups excluding carboxylic acids is 1. The topological polar surface area (TPSA) is 82.4 Å². The molecular formula is C24H27F6N5O. The number of rotatable bonds is 7. The van der Waals surface area contributed by atoms with Crippen LogP contribution in [0.2, 0.25) is 0 Å². The molecule has 6 nitrogen and oxygen atoms in total. The number of hydrogen-bond donors (Lipinski definition) is 4. The molecule has 2 aliphatic rings. The molecule has 1 amide bonds. The monoisotopic (exact) mass is 515 g/mol. The number of benzene rings is 2. The van der Waals surface area contributed by atoms with E-state index in [0.717, 1.165) is 23.3 Å². The van der Waals surface area contributed by atoms with Crippen molar-refractivity contribution in [3.05, 3.63) is 70.8 Å². The highest BCUT2D eigenvalue weighted by Gasteiger charge is 2.51. The molecule has 2 heterocycles. The van der Waals surface area contributed by atoms with Crippen LogP contribution in [0.3, 0.4) is 0 Å². The zero-order chi connectivity index (χ0) is 26.1. The van der Waals surface area contributed by atoms with Crippen molar-refractivity contribution >= 4 is 5.91 Å². The van der Waals surface area contributed by atoms with E-state index in [9.17, 15) is 26.7 Å². The Kier molecular flexibility index (Phi) is 7.60. The molecule has 0 spiro atoms. The first-order chi connectivity index (χ1) is 16.9. The van der Waals surface area contributed by atoms with Gasteiger partial charge in [-0.3, -0.25) is 25.6 Å². The Labute approximate surface area is 204 Å². The zero-order valence-electron chi connectivity index (χ0n) is 19.2. The number of primary amides is 1. The van der Waals surface area contributed by atoms with Crippen LogP contribution in [0.4, 0.5) is 26.3 Å². The van der Waals surface area contributed by atoms with Gasteiger partial charge < -0.3 is 5.73 Å². The molecule has 5 N–H and O–H groups in total. The second-order valence-electron chi connectivity index (χ2n) is 9.16. The molecule has 36 heavy (non-hydrogen) atoms. The number of nitrogens with two attached hydrogens (primary N) is 1. The Hall–Kier alpha value is -2.67. The number of likely N-dealkylation sites (tertiary alicyclic amines) is 1. The smallest absolute Gasteiger partial charge is 0.369 e. The van der Waals surface area contributed by atoms with Gasteiger partial charge in [0, 0.05) is 25.7 Å². The van der Waals surface area contributed by atoms with Gasteiger partial charge >= 0.3 is 6.18 Å². The molecule has 0 radical (unpaired) electrons. The number of halogens is 6. The molecule has 0 aliphatic carbocycles. The van der Waals surface area contributed by atoms with Crippen LogP contribution >= 0.6 is 0 Å². The van der Waals surface area contributed by atoms with E-state index < -0.39 is 61.1 Å². The van der Waals surface area contributed by atoms with Crippen LogP contribution in [0.15, 0.2) is 48.5 Å². The molecular weight excluding hydrogens is 488 g/mol. The van der Waals surface area contributed by atoms with Gasteiger partial charge in [0.15, 0.2) is 6.17 Å². The number of nitrogens with one attached hydrogen (secondary N) is 3. The molecule has 196 valence electrons. The Bertz CT molecular complexity index is 1050. The van der Waals surface area contributed by atoms with Crippen LogP contribution in [-0.4, -0.2) is 48.4 Å². The van der Waals surface area contributed by atoms with E-state index >= 15 is 4.39 Å². The molecule has 2 aromatic carbocycles. The van der Waals surface area contributed by atoms with Crippen molar-refractivity contribution in [1.29, 1.82) is 0 Å². The molecule has 2 saturated heterocycles. The third-order valence-electron chi connectivity index (χ3n) is 6.47. The Balaban J connectivity index is 1.44. The summed E-state index contributed by atoms with van der Waals surface area (Å²) in [5.41, 5.74) is 6.15. The fourth-order valence-corrected chi connectivity index (χ4v) is 4.71. The van der Waals surface area contributed by atoms with Gasteiger partial charge in [0.05, 0.1) is 30.9 Å². The van der Waals surface area contributed by atoms with Crippen LogP contribution in [0.1, 0.15) is 34.7 Å². The number of carbonyl (C=O) groups is 1. The van der Waals surface area contributed by atoms with Gasteiger partial charge in [-0.2, -0.15) is 13.2 Å². The predicted octanol–water partition coefficient (Wildman–Crippen LogP) is 3.05. The summed E-state index contributed by atoms with van der Waals surface area (Å²) in [6, 6.07) is 10.1. The second kappa shape index (κ2) is 10.4. The quantitative estimate of drug-likeness (QED) is 0.427. The predicted molar refractivity (Wildman–Crippen MR) is 120 cm³/mol. The van der Waals surface area contributed by atoms with Crippen LogP contribution in [0.25, 0.3) is 0 Å². The summed E-state index contributed by atoms with van der Waals surface area (Å²) in [5, 5.41) is 8.86. The zero-order valence-corrected chi connectivity index (χ0v) is 19.2. The van der Waals surface area contributed by atoms with E-state index in [1.54, 1.807) is 24.3 Å². The molecule has 2 aromatic rings. The maximum absolute atomic E-state index is 15.6. The lowest BCUT2D eigenvalue weighted by atomic mass is 10.0. The number of nitrogens with zero attached hydrogens (tertiary/aromatic N) is 1. The Morgan fingerprint density at radius 3 is 2.31 bits per heavy atom. The van der Waals surface area contributed by atoms with E-state index in [2.05, 4.69) is 16.0 Å². The van der Waals surface area contributed by atoms with Crippen molar-refractivity contribution in [2.45, 2.75) is 56.0 Å². The average Bonchev–Trinajstić information content (AvgIpc) is 3.13. The molecule has 12 heteroatoms. The average molecular weight is 516 g/mol. The van der Waals surface area contributed by atoms with E-state index in [1.165, 1.54) is 17.0 Å². The standard InChI is InChI=1S/C24H27F6N5O/c25-20-21(32-11-15-3-1-14(2-4-15)9-19(31)36)33-13-34-22(20)35-12-23(26,27)10-18(35)16-5-7-17(8-6-16)24(28,29)30/h1-8,18,20-22,32-34H,9-13H2,(H2,31,36). The van der Waals surface area contributed by atoms with E-state index in [0.29, 0.717) is 0 Å². The van der Waals surface area contributed by atoms with Crippen molar-refractivity contribution in [3.63, 3.8) is 0 Å². The minimum atomic E-state index is -4.54. The lowest BCUT2D eigenvalue weighted by molar-refractivity contribution is -0.137. The summed E-state index contributed by atoms with van der Waals surface area (Å²) in [6.45, 7) is -0.299. The Morgan fingerprint density at radius 2 is 1.69 bits per heavy atom. The van der Waals surface area contributed by atoms with Gasteiger partial charge in [0.1, 0.15) is 0 Å². The van der Waals surface area contributed by atoms with Crippen LogP contribution in [-0.2, 0) is 23.9 Å².